The average molecular weight is 279 g/mol. The first-order valence-corrected chi connectivity index (χ1v) is 5.95. The predicted octanol–water partition coefficient (Wildman–Crippen LogP) is 3.68. The lowest BCUT2D eigenvalue weighted by molar-refractivity contribution is 0.425. The maximum atomic E-state index is 8.35. The van der Waals surface area contributed by atoms with Crippen molar-refractivity contribution >= 4 is 34.8 Å². The molecule has 16 heavy (non-hydrogen) atoms. The van der Waals surface area contributed by atoms with E-state index in [1.165, 1.54) is 0 Å². The van der Waals surface area contributed by atoms with Crippen molar-refractivity contribution in [3.8, 4) is 6.07 Å². The minimum absolute atomic E-state index is 0.372. The number of hydrogen-bond acceptors (Lipinski definition) is 2. The minimum Gasteiger partial charge on any atom is -0.372 e. The Morgan fingerprint density at radius 2 is 2.06 bits per heavy atom. The largest absolute Gasteiger partial charge is 0.372 e. The van der Waals surface area contributed by atoms with Gasteiger partial charge < -0.3 is 4.74 Å². The lowest BCUT2D eigenvalue weighted by Crippen LogP contribution is -1.80. The molecule has 0 amide bonds. The molecule has 1 saturated heterocycles. The smallest absolute Gasteiger partial charge is 0.0944 e. The summed E-state index contributed by atoms with van der Waals surface area (Å²) < 4.78 is 4.73. The number of halogens is 3. The molecule has 0 radical (unpaired) electrons. The van der Waals surface area contributed by atoms with E-state index in [4.69, 9.17) is 44.8 Å². The fourth-order valence-corrected chi connectivity index (χ4v) is 1.40. The Bertz CT molecular complexity index is 385. The number of ether oxygens (including phenoxy) is 1. The maximum Gasteiger partial charge on any atom is 0.0944 e. The van der Waals surface area contributed by atoms with Gasteiger partial charge in [-0.05, 0) is 17.7 Å². The molecule has 1 aromatic carbocycles. The van der Waals surface area contributed by atoms with Crippen molar-refractivity contribution in [1.29, 1.82) is 5.26 Å². The molecule has 5 heteroatoms. The Hall–Kier alpha value is -0.460. The molecule has 1 heterocycles. The lowest BCUT2D eigenvalue weighted by atomic mass is 10.2. The molecule has 0 bridgehead atoms. The van der Waals surface area contributed by atoms with Crippen molar-refractivity contribution in [3.63, 3.8) is 0 Å². The predicted molar refractivity (Wildman–Crippen MR) is 66.2 cm³/mol. The third-order valence-corrected chi connectivity index (χ3v) is 2.92. The van der Waals surface area contributed by atoms with E-state index in [0.29, 0.717) is 28.5 Å². The van der Waals surface area contributed by atoms with Gasteiger partial charge in [-0.25, -0.2) is 0 Å². The Kier molecular flexibility index (Phi) is 5.94. The zero-order valence-corrected chi connectivity index (χ0v) is 10.7. The zero-order chi connectivity index (χ0) is 12.0. The molecule has 2 nitrogen and oxygen atoms in total. The van der Waals surface area contributed by atoms with E-state index in [1.54, 1.807) is 18.2 Å². The van der Waals surface area contributed by atoms with Crippen LogP contribution in [-0.2, 0) is 11.2 Å². The fraction of sp³-hybridized carbons (Fsp3) is 0.364. The number of epoxide rings is 1. The van der Waals surface area contributed by atoms with Crippen LogP contribution in [-0.4, -0.2) is 18.6 Å². The topological polar surface area (TPSA) is 36.3 Å². The molecule has 0 aliphatic carbocycles. The summed E-state index contributed by atoms with van der Waals surface area (Å²) in [5.74, 6) is 0.667. The van der Waals surface area contributed by atoms with Crippen LogP contribution in [0.2, 0.25) is 10.0 Å². The summed E-state index contributed by atoms with van der Waals surface area (Å²) in [5.41, 5.74) is 0.891. The number of nitriles is 1. The van der Waals surface area contributed by atoms with Gasteiger partial charge in [0, 0.05) is 0 Å². The standard InChI is InChI=1S/C8H5Cl2N.C3H5ClO/c9-7-2-1-6(3-4-11)5-8(7)10;4-1-3-2-5-3/h1-2,5H,3H2;3H,1-2H2/t;3-/m.0/s1. The first-order chi connectivity index (χ1) is 7.67. The molecule has 0 N–H and O–H groups in total. The summed E-state index contributed by atoms with van der Waals surface area (Å²) in [4.78, 5) is 0. The first-order valence-electron chi connectivity index (χ1n) is 4.65. The van der Waals surface area contributed by atoms with Crippen LogP contribution < -0.4 is 0 Å². The molecule has 0 saturated carbocycles. The highest BCUT2D eigenvalue weighted by molar-refractivity contribution is 6.42. The second-order valence-electron chi connectivity index (χ2n) is 3.19. The molecule has 1 aliphatic rings. The molecule has 2 rings (SSSR count). The number of benzene rings is 1. The van der Waals surface area contributed by atoms with E-state index < -0.39 is 0 Å². The Balaban J connectivity index is 0.000000212. The van der Waals surface area contributed by atoms with Crippen molar-refractivity contribution < 1.29 is 4.74 Å². The Morgan fingerprint density at radius 3 is 2.44 bits per heavy atom. The van der Waals surface area contributed by atoms with Gasteiger partial charge in [0.25, 0.3) is 0 Å². The van der Waals surface area contributed by atoms with E-state index in [-0.39, 0.29) is 0 Å². The van der Waals surface area contributed by atoms with Gasteiger partial charge in [0.1, 0.15) is 0 Å². The second kappa shape index (κ2) is 6.98. The number of alkyl halides is 1. The number of nitrogens with zero attached hydrogens (tertiary/aromatic N) is 1. The molecular weight excluding hydrogens is 268 g/mol. The van der Waals surface area contributed by atoms with Crippen LogP contribution in [0, 0.1) is 11.3 Å². The van der Waals surface area contributed by atoms with Gasteiger partial charge in [-0.2, -0.15) is 5.26 Å². The molecule has 0 unspecified atom stereocenters. The quantitative estimate of drug-likeness (QED) is 0.611. The van der Waals surface area contributed by atoms with Gasteiger partial charge >= 0.3 is 0 Å². The highest BCUT2D eigenvalue weighted by atomic mass is 35.5. The first kappa shape index (κ1) is 13.6. The van der Waals surface area contributed by atoms with Gasteiger partial charge in [-0.3, -0.25) is 0 Å². The second-order valence-corrected chi connectivity index (χ2v) is 4.32. The van der Waals surface area contributed by atoms with Crippen LogP contribution >= 0.6 is 34.8 Å². The monoisotopic (exact) mass is 277 g/mol. The average Bonchev–Trinajstić information content (AvgIpc) is 3.08. The SMILES string of the molecule is ClC[C@H]1CO1.N#CCc1ccc(Cl)c(Cl)c1. The molecular formula is C11H10Cl3NO. The van der Waals surface area contributed by atoms with E-state index in [1.807, 2.05) is 6.07 Å². The third-order valence-electron chi connectivity index (χ3n) is 1.84. The van der Waals surface area contributed by atoms with Crippen molar-refractivity contribution in [2.75, 3.05) is 12.5 Å². The van der Waals surface area contributed by atoms with E-state index >= 15 is 0 Å². The van der Waals surface area contributed by atoms with Crippen molar-refractivity contribution in [2.45, 2.75) is 12.5 Å². The highest BCUT2D eigenvalue weighted by Gasteiger charge is 2.19. The molecule has 0 spiro atoms. The maximum absolute atomic E-state index is 8.35. The lowest BCUT2D eigenvalue weighted by Gasteiger charge is -1.96. The van der Waals surface area contributed by atoms with Crippen molar-refractivity contribution in [1.82, 2.24) is 0 Å². The minimum atomic E-state index is 0.372. The summed E-state index contributed by atoms with van der Waals surface area (Å²) in [6, 6.07) is 7.21. The van der Waals surface area contributed by atoms with Gasteiger partial charge in [0.2, 0.25) is 0 Å². The van der Waals surface area contributed by atoms with Crippen LogP contribution in [0.5, 0.6) is 0 Å². The summed E-state index contributed by atoms with van der Waals surface area (Å²) >= 11 is 16.6. The van der Waals surface area contributed by atoms with Gasteiger partial charge in [-0.1, -0.05) is 29.3 Å². The van der Waals surface area contributed by atoms with Crippen LogP contribution in [0.15, 0.2) is 18.2 Å². The summed E-state index contributed by atoms with van der Waals surface area (Å²) in [6.45, 7) is 0.878. The molecule has 86 valence electrons. The molecule has 0 aromatic heterocycles. The third kappa shape index (κ3) is 5.05. The Labute approximate surface area is 110 Å². The summed E-state index contributed by atoms with van der Waals surface area (Å²) in [6.07, 6.45) is 0.772. The Morgan fingerprint density at radius 1 is 1.38 bits per heavy atom. The van der Waals surface area contributed by atoms with Gasteiger partial charge in [-0.15, -0.1) is 11.6 Å². The van der Waals surface area contributed by atoms with E-state index in [9.17, 15) is 0 Å². The normalized spacial score (nSPS) is 17.0. The zero-order valence-electron chi connectivity index (χ0n) is 8.42. The fourth-order valence-electron chi connectivity index (χ4n) is 0.898. The van der Waals surface area contributed by atoms with Crippen LogP contribution in [0.1, 0.15) is 5.56 Å². The van der Waals surface area contributed by atoms with Crippen LogP contribution in [0.25, 0.3) is 0 Å². The van der Waals surface area contributed by atoms with Gasteiger partial charge in [0.05, 0.1) is 41.1 Å². The number of hydrogen-bond donors (Lipinski definition) is 0. The van der Waals surface area contributed by atoms with Crippen LogP contribution in [0.3, 0.4) is 0 Å². The van der Waals surface area contributed by atoms with E-state index in [0.717, 1.165) is 12.2 Å². The molecule has 1 atom stereocenters. The van der Waals surface area contributed by atoms with E-state index in [2.05, 4.69) is 0 Å². The molecule has 1 aromatic rings. The number of rotatable bonds is 2. The van der Waals surface area contributed by atoms with Crippen molar-refractivity contribution in [3.05, 3.63) is 33.8 Å². The molecule has 1 aliphatic heterocycles. The van der Waals surface area contributed by atoms with Crippen LogP contribution in [0.4, 0.5) is 0 Å². The highest BCUT2D eigenvalue weighted by Crippen LogP contribution is 2.22. The van der Waals surface area contributed by atoms with Crippen molar-refractivity contribution in [2.24, 2.45) is 0 Å². The van der Waals surface area contributed by atoms with Gasteiger partial charge in [0.15, 0.2) is 0 Å². The summed E-state index contributed by atoms with van der Waals surface area (Å²) in [5, 5.41) is 9.37. The molecule has 1 fully saturated rings. The summed E-state index contributed by atoms with van der Waals surface area (Å²) in [7, 11) is 0.